The fourth-order valence-electron chi connectivity index (χ4n) is 13.4. The van der Waals surface area contributed by atoms with Crippen molar-refractivity contribution in [3.05, 3.63) is 211 Å². The molecule has 99 heavy (non-hydrogen) atoms. The summed E-state index contributed by atoms with van der Waals surface area (Å²) in [5.74, 6) is 2.21. The van der Waals surface area contributed by atoms with Crippen LogP contribution in [0.3, 0.4) is 0 Å². The van der Waals surface area contributed by atoms with E-state index in [2.05, 4.69) is 141 Å². The van der Waals surface area contributed by atoms with Gasteiger partial charge in [-0.1, -0.05) is 113 Å². The minimum absolute atomic E-state index is 0. The predicted octanol–water partition coefficient (Wildman–Crippen LogP) is 15.1. The summed E-state index contributed by atoms with van der Waals surface area (Å²) in [6.07, 6.45) is 16.9. The number of aryl methyl sites for hydroxylation is 1. The van der Waals surface area contributed by atoms with E-state index in [1.807, 2.05) is 84.3 Å². The van der Waals surface area contributed by atoms with E-state index < -0.39 is 0 Å². The molecule has 16 nitrogen and oxygen atoms in total. The van der Waals surface area contributed by atoms with Crippen LogP contribution in [0.4, 0.5) is 22.7 Å². The van der Waals surface area contributed by atoms with Gasteiger partial charge in [0.2, 0.25) is 17.7 Å². The van der Waals surface area contributed by atoms with Crippen LogP contribution in [0.2, 0.25) is 0 Å². The monoisotopic (exact) mass is 1550 g/mol. The van der Waals surface area contributed by atoms with Gasteiger partial charge in [-0.15, -0.1) is 36.4 Å². The SMILES string of the molecule is C/C=C1\C[C@H]2C=Nc3cc(OCc4cc(COc5[c-]cc6c(c5)N=C[C@@H]5C/C(=C\C)CN5C6=O)cc(C(C)(C)C)c4)[c-]cc3C(=O)N2C1.C=C1C[C@H]2C=Nc3cc(OCc4cc(COc5[c-]cc6c(c5)N=C[C@@H]5C/C(=C\C)CN5C6=O)cc(C(C)(C)C)c4)c(C)cc3C(=O)N2C1.[Y].[Y].[Y]. The zero-order valence-corrected chi connectivity index (χ0v) is 66.7. The van der Waals surface area contributed by atoms with E-state index in [-0.39, 0.29) is 157 Å². The Hall–Kier alpha value is -6.65. The number of allylic oxidation sites excluding steroid dienone is 3. The van der Waals surface area contributed by atoms with Gasteiger partial charge in [0.15, 0.2) is 0 Å². The Morgan fingerprint density at radius 1 is 0.434 bits per heavy atom. The Morgan fingerprint density at radius 2 is 0.747 bits per heavy atom. The number of fused-ring (bicyclic) bond motifs is 8. The third-order valence-corrected chi connectivity index (χ3v) is 19.2. The number of carbonyl (C=O) groups excluding carboxylic acids is 4. The second-order valence-corrected chi connectivity index (χ2v) is 28.2. The van der Waals surface area contributed by atoms with E-state index in [0.717, 1.165) is 64.6 Å². The summed E-state index contributed by atoms with van der Waals surface area (Å²) in [6, 6.07) is 36.4. The van der Waals surface area contributed by atoms with E-state index >= 15 is 0 Å². The third-order valence-electron chi connectivity index (χ3n) is 19.2. The first-order valence-electron chi connectivity index (χ1n) is 33.2. The van der Waals surface area contributed by atoms with Crippen LogP contribution in [0.5, 0.6) is 23.0 Å². The number of ether oxygens (including phenoxy) is 4. The van der Waals surface area contributed by atoms with Crippen LogP contribution < -0.4 is 18.9 Å². The topological polar surface area (TPSA) is 168 Å². The largest absolute Gasteiger partial charge is 0.515 e. The van der Waals surface area contributed by atoms with Gasteiger partial charge in [-0.25, -0.2) is 0 Å². The third kappa shape index (κ3) is 16.5. The van der Waals surface area contributed by atoms with Crippen molar-refractivity contribution in [1.29, 1.82) is 0 Å². The fourth-order valence-corrected chi connectivity index (χ4v) is 13.4. The first kappa shape index (κ1) is 75.0. The van der Waals surface area contributed by atoms with Crippen molar-refractivity contribution >= 4 is 71.2 Å². The van der Waals surface area contributed by atoms with E-state index in [9.17, 15) is 19.2 Å². The maximum atomic E-state index is 13.3. The Labute approximate surface area is 657 Å². The van der Waals surface area contributed by atoms with E-state index in [4.69, 9.17) is 18.9 Å². The van der Waals surface area contributed by atoms with Crippen molar-refractivity contribution in [2.45, 2.75) is 156 Å². The molecule has 3 radical (unpaired) electrons. The van der Waals surface area contributed by atoms with Crippen LogP contribution in [0.1, 0.15) is 168 Å². The maximum absolute atomic E-state index is 13.3. The molecule has 4 amide bonds. The van der Waals surface area contributed by atoms with Crippen molar-refractivity contribution in [2.24, 2.45) is 20.0 Å². The average molecular weight is 1550 g/mol. The van der Waals surface area contributed by atoms with Crippen molar-refractivity contribution in [3.63, 3.8) is 0 Å². The van der Waals surface area contributed by atoms with Crippen LogP contribution in [0.15, 0.2) is 152 Å². The molecule has 6 aromatic carbocycles. The van der Waals surface area contributed by atoms with Gasteiger partial charge in [-0.05, 0) is 155 Å². The molecule has 0 bridgehead atoms. The number of aliphatic imine (C=N–C) groups is 4. The molecule has 4 saturated heterocycles. The van der Waals surface area contributed by atoms with Gasteiger partial charge >= 0.3 is 0 Å². The molecule has 4 fully saturated rings. The van der Waals surface area contributed by atoms with Gasteiger partial charge in [0.1, 0.15) is 32.2 Å². The summed E-state index contributed by atoms with van der Waals surface area (Å²) in [7, 11) is 0. The number of hydrogen-bond acceptors (Lipinski definition) is 12. The zero-order valence-electron chi connectivity index (χ0n) is 58.2. The molecular weight excluding hydrogens is 1470 g/mol. The number of hydrogen-bond donors (Lipinski definition) is 0. The zero-order chi connectivity index (χ0) is 67.3. The summed E-state index contributed by atoms with van der Waals surface area (Å²) in [4.78, 5) is 79.4. The first-order chi connectivity index (χ1) is 46.0. The Morgan fingerprint density at radius 3 is 1.09 bits per heavy atom. The standard InChI is InChI=1S/C40H41N4O4.C40H40N4O4.3Y/c1-7-26-15-31-19-41-35-16-32(8-9-33(35)38(45)44(31)21-26)47-22-27-12-28(14-29(13-27)40(4,5)6)23-48-37-17-36-34(11-25(37)3)39(46)43-20-24(2)10-30(43)18-42-36;1-6-25-15-30-19-41-36-17-32(8-10-34(36)38(45)43(30)21-25)47-23-27-12-28(14-29(13-27)40(3,4)5)24-48-33-9-11-35-37(18-33)42-20-31-16-26(7-2)22-44(31)39(35)46;;;/h7,9,11-14,16-19,30-31H,2,10,15,20-23H2,1,3-6H3;6-7,10-14,17-20,30-31H,15-16,21-24H2,1-5H3;;;/q-1;-2;;;/b26-7+;25-6+,26-7+;;;/t2*30-,31-;;;/m00.../s1. The van der Waals surface area contributed by atoms with Crippen molar-refractivity contribution in [1.82, 2.24) is 19.6 Å². The van der Waals surface area contributed by atoms with Gasteiger partial charge in [0, 0.05) is 172 Å². The van der Waals surface area contributed by atoms with Gasteiger partial charge in [-0.3, -0.25) is 39.1 Å². The first-order valence-corrected chi connectivity index (χ1v) is 33.2. The number of benzene rings is 6. The van der Waals surface area contributed by atoms with Gasteiger partial charge in [0.05, 0.1) is 35.4 Å². The second kappa shape index (κ2) is 31.3. The molecule has 0 saturated carbocycles. The number of rotatable bonds is 12. The molecule has 8 heterocycles. The summed E-state index contributed by atoms with van der Waals surface area (Å²) < 4.78 is 25.0. The molecule has 0 aliphatic carbocycles. The van der Waals surface area contributed by atoms with Gasteiger partial charge in [-0.2, -0.15) is 18.2 Å². The molecule has 19 heteroatoms. The molecular formula is C80H81N8O8Y3-3. The molecule has 0 unspecified atom stereocenters. The van der Waals surface area contributed by atoms with E-state index in [1.165, 1.54) is 22.3 Å². The minimum Gasteiger partial charge on any atom is -0.515 e. The normalized spacial score (nSPS) is 20.5. The Bertz CT molecular complexity index is 4290. The number of carbonyl (C=O) groups is 4. The average Bonchev–Trinajstić information content (AvgIpc) is 1.68. The number of nitrogens with zero attached hydrogens (tertiary/aromatic N) is 8. The Balaban J connectivity index is 0.000000208. The van der Waals surface area contributed by atoms with Crippen LogP contribution in [-0.2, 0) is 135 Å². The summed E-state index contributed by atoms with van der Waals surface area (Å²) in [6.45, 7) is 28.9. The molecule has 0 N–H and O–H groups in total. The van der Waals surface area contributed by atoms with Crippen LogP contribution in [0, 0.1) is 25.1 Å². The fraction of sp³-hybridized carbons (Fsp3) is 0.350. The Kier molecular flexibility index (Phi) is 23.7. The van der Waals surface area contributed by atoms with Crippen molar-refractivity contribution in [3.8, 4) is 23.0 Å². The van der Waals surface area contributed by atoms with E-state index in [0.29, 0.717) is 121 Å². The molecule has 8 aliphatic rings. The summed E-state index contributed by atoms with van der Waals surface area (Å²) >= 11 is 0. The molecule has 501 valence electrons. The minimum atomic E-state index is -0.0955. The number of amides is 4. The molecule has 0 spiro atoms. The van der Waals surface area contributed by atoms with Gasteiger partial charge in [0.25, 0.3) is 5.91 Å². The second-order valence-electron chi connectivity index (χ2n) is 28.2. The summed E-state index contributed by atoms with van der Waals surface area (Å²) in [5.41, 5.74) is 16.5. The van der Waals surface area contributed by atoms with Gasteiger partial charge < -0.3 is 38.5 Å². The van der Waals surface area contributed by atoms with Crippen LogP contribution in [-0.4, -0.2) is 118 Å². The van der Waals surface area contributed by atoms with Crippen LogP contribution in [0.25, 0.3) is 0 Å². The molecule has 6 aromatic rings. The van der Waals surface area contributed by atoms with Crippen LogP contribution >= 0.6 is 0 Å². The molecule has 4 atom stereocenters. The van der Waals surface area contributed by atoms with Crippen molar-refractivity contribution in [2.75, 3.05) is 26.2 Å². The van der Waals surface area contributed by atoms with E-state index in [1.54, 1.807) is 36.4 Å². The predicted molar refractivity (Wildman–Crippen MR) is 375 cm³/mol. The maximum Gasteiger partial charge on any atom is 0.256 e. The smallest absolute Gasteiger partial charge is 0.256 e. The molecule has 0 aromatic heterocycles. The summed E-state index contributed by atoms with van der Waals surface area (Å²) in [5, 5.41) is 0. The molecule has 8 aliphatic heterocycles. The quantitative estimate of drug-likeness (QED) is 0.0862. The van der Waals surface area contributed by atoms with Crippen molar-refractivity contribution < 1.29 is 136 Å². The molecule has 14 rings (SSSR count).